The summed E-state index contributed by atoms with van der Waals surface area (Å²) in [7, 11) is 0. The maximum Gasteiger partial charge on any atom is 0.254 e. The number of nitrogens with one attached hydrogen (secondary N) is 1. The molecule has 0 spiro atoms. The van der Waals surface area contributed by atoms with Gasteiger partial charge in [0.05, 0.1) is 23.8 Å². The quantitative estimate of drug-likeness (QED) is 0.615. The molecule has 0 fully saturated rings. The number of carbonyl (C=O) groups is 2. The first-order valence-electron chi connectivity index (χ1n) is 10.0. The SMILES string of the molecule is N[C@H]1CSc2cc(F)c(C(=O)NCc3ccccc3)cc2N(Cc2ccc(F)cc2)C1=O. The Bertz CT molecular complexity index is 1140. The fourth-order valence-electron chi connectivity index (χ4n) is 3.42. The van der Waals surface area contributed by atoms with Gasteiger partial charge in [0.15, 0.2) is 0 Å². The summed E-state index contributed by atoms with van der Waals surface area (Å²) in [5.74, 6) is -1.70. The summed E-state index contributed by atoms with van der Waals surface area (Å²) < 4.78 is 28.1. The summed E-state index contributed by atoms with van der Waals surface area (Å²) >= 11 is 1.26. The van der Waals surface area contributed by atoms with E-state index >= 15 is 0 Å². The molecule has 8 heteroatoms. The first kappa shape index (κ1) is 22.0. The van der Waals surface area contributed by atoms with Gasteiger partial charge in [-0.05, 0) is 35.4 Å². The fraction of sp³-hybridized carbons (Fsp3) is 0.167. The number of nitrogens with two attached hydrogens (primary N) is 1. The van der Waals surface area contributed by atoms with Gasteiger partial charge in [0.25, 0.3) is 5.91 Å². The Morgan fingerprint density at radius 2 is 1.78 bits per heavy atom. The van der Waals surface area contributed by atoms with Gasteiger partial charge >= 0.3 is 0 Å². The van der Waals surface area contributed by atoms with E-state index in [9.17, 15) is 18.4 Å². The number of fused-ring (bicyclic) bond motifs is 1. The minimum absolute atomic E-state index is 0.122. The smallest absolute Gasteiger partial charge is 0.254 e. The number of thioether (sulfide) groups is 1. The predicted molar refractivity (Wildman–Crippen MR) is 120 cm³/mol. The van der Waals surface area contributed by atoms with E-state index in [1.165, 1.54) is 40.9 Å². The van der Waals surface area contributed by atoms with E-state index in [0.717, 1.165) is 5.56 Å². The molecular weight excluding hydrogens is 432 g/mol. The average molecular weight is 454 g/mol. The molecule has 2 amide bonds. The van der Waals surface area contributed by atoms with Crippen LogP contribution in [0.1, 0.15) is 21.5 Å². The third-order valence-electron chi connectivity index (χ3n) is 5.14. The summed E-state index contributed by atoms with van der Waals surface area (Å²) in [5, 5.41) is 2.71. The number of benzene rings is 3. The number of rotatable bonds is 5. The molecule has 0 saturated carbocycles. The van der Waals surface area contributed by atoms with Crippen molar-refractivity contribution in [3.63, 3.8) is 0 Å². The van der Waals surface area contributed by atoms with Gasteiger partial charge in [-0.3, -0.25) is 9.59 Å². The minimum atomic E-state index is -0.786. The highest BCUT2D eigenvalue weighted by atomic mass is 32.2. The zero-order valence-corrected chi connectivity index (χ0v) is 17.9. The lowest BCUT2D eigenvalue weighted by Gasteiger charge is -2.25. The molecular formula is C24H21F2N3O2S. The van der Waals surface area contributed by atoms with Crippen molar-refractivity contribution in [2.45, 2.75) is 24.0 Å². The molecule has 1 atom stereocenters. The third-order valence-corrected chi connectivity index (χ3v) is 6.30. The largest absolute Gasteiger partial charge is 0.348 e. The molecule has 3 N–H and O–H groups in total. The van der Waals surface area contributed by atoms with E-state index < -0.39 is 17.8 Å². The first-order chi connectivity index (χ1) is 15.4. The zero-order chi connectivity index (χ0) is 22.7. The number of nitrogens with zero attached hydrogens (tertiary/aromatic N) is 1. The second kappa shape index (κ2) is 9.50. The number of carbonyl (C=O) groups excluding carboxylic acids is 2. The molecule has 3 aromatic carbocycles. The Kier molecular flexibility index (Phi) is 6.53. The van der Waals surface area contributed by atoms with Gasteiger partial charge < -0.3 is 16.0 Å². The summed E-state index contributed by atoms with van der Waals surface area (Å²) in [4.78, 5) is 27.7. The van der Waals surface area contributed by atoms with Crippen LogP contribution >= 0.6 is 11.8 Å². The van der Waals surface area contributed by atoms with Crippen molar-refractivity contribution < 1.29 is 18.4 Å². The van der Waals surface area contributed by atoms with Gasteiger partial charge in [-0.2, -0.15) is 0 Å². The van der Waals surface area contributed by atoms with Crippen molar-refractivity contribution in [2.24, 2.45) is 5.73 Å². The monoisotopic (exact) mass is 453 g/mol. The van der Waals surface area contributed by atoms with Crippen LogP contribution in [-0.4, -0.2) is 23.6 Å². The first-order valence-corrected chi connectivity index (χ1v) is 11.0. The standard InChI is InChI=1S/C24H21F2N3O2S/c25-17-8-6-16(7-9-17)13-29-21-10-18(23(30)28-12-15-4-2-1-3-5-15)19(26)11-22(21)32-14-20(27)24(29)31/h1-11,20H,12-14,27H2,(H,28,30)/t20-/m0/s1. The molecule has 3 aromatic rings. The third kappa shape index (κ3) is 4.81. The Balaban J connectivity index is 1.65. The second-order valence-electron chi connectivity index (χ2n) is 7.44. The van der Waals surface area contributed by atoms with Gasteiger partial charge in [-0.25, -0.2) is 8.78 Å². The van der Waals surface area contributed by atoms with Crippen LogP contribution < -0.4 is 16.0 Å². The Labute approximate surface area is 188 Å². The summed E-state index contributed by atoms with van der Waals surface area (Å²) in [6.45, 7) is 0.366. The molecule has 164 valence electrons. The highest BCUT2D eigenvalue weighted by Crippen LogP contribution is 2.37. The van der Waals surface area contributed by atoms with Gasteiger partial charge in [-0.1, -0.05) is 42.5 Å². The van der Waals surface area contributed by atoms with Crippen LogP contribution in [0.4, 0.5) is 14.5 Å². The number of halogens is 2. The molecule has 1 aliphatic heterocycles. The minimum Gasteiger partial charge on any atom is -0.348 e. The lowest BCUT2D eigenvalue weighted by molar-refractivity contribution is -0.119. The van der Waals surface area contributed by atoms with Crippen LogP contribution in [0, 0.1) is 11.6 Å². The predicted octanol–water partition coefficient (Wildman–Crippen LogP) is 3.86. The molecule has 0 radical (unpaired) electrons. The topological polar surface area (TPSA) is 75.4 Å². The van der Waals surface area contributed by atoms with E-state index in [0.29, 0.717) is 16.1 Å². The van der Waals surface area contributed by atoms with E-state index in [1.54, 1.807) is 12.1 Å². The molecule has 0 unspecified atom stereocenters. The zero-order valence-electron chi connectivity index (χ0n) is 17.1. The van der Waals surface area contributed by atoms with Crippen molar-refractivity contribution in [3.8, 4) is 0 Å². The van der Waals surface area contributed by atoms with Crippen LogP contribution in [0.25, 0.3) is 0 Å². The van der Waals surface area contributed by atoms with Crippen LogP contribution in [0.2, 0.25) is 0 Å². The number of hydrogen-bond acceptors (Lipinski definition) is 4. The van der Waals surface area contributed by atoms with Crippen LogP contribution in [0.15, 0.2) is 71.6 Å². The van der Waals surface area contributed by atoms with Crippen molar-refractivity contribution in [2.75, 3.05) is 10.7 Å². The highest BCUT2D eigenvalue weighted by Gasteiger charge is 2.30. The van der Waals surface area contributed by atoms with Gasteiger partial charge in [-0.15, -0.1) is 11.8 Å². The van der Waals surface area contributed by atoms with Gasteiger partial charge in [0, 0.05) is 17.2 Å². The lowest BCUT2D eigenvalue weighted by atomic mass is 10.1. The Morgan fingerprint density at radius 3 is 2.50 bits per heavy atom. The van der Waals surface area contributed by atoms with Crippen LogP contribution in [0.5, 0.6) is 0 Å². The van der Waals surface area contributed by atoms with Crippen molar-refractivity contribution in [1.82, 2.24) is 5.32 Å². The Morgan fingerprint density at radius 1 is 1.06 bits per heavy atom. The fourth-order valence-corrected chi connectivity index (χ4v) is 4.43. The second-order valence-corrected chi connectivity index (χ2v) is 8.50. The molecule has 0 aliphatic carbocycles. The number of hydrogen-bond donors (Lipinski definition) is 2. The molecule has 1 heterocycles. The van der Waals surface area contributed by atoms with E-state index in [2.05, 4.69) is 5.32 Å². The van der Waals surface area contributed by atoms with Gasteiger partial charge in [0.1, 0.15) is 11.6 Å². The molecule has 0 aromatic heterocycles. The summed E-state index contributed by atoms with van der Waals surface area (Å²) in [6, 6.07) is 16.9. The molecule has 0 saturated heterocycles. The molecule has 5 nitrogen and oxygen atoms in total. The molecule has 1 aliphatic rings. The summed E-state index contributed by atoms with van der Waals surface area (Å²) in [6.07, 6.45) is 0. The maximum atomic E-state index is 14.8. The molecule has 4 rings (SSSR count). The molecule has 32 heavy (non-hydrogen) atoms. The maximum absolute atomic E-state index is 14.8. The highest BCUT2D eigenvalue weighted by molar-refractivity contribution is 7.99. The number of amides is 2. The van der Waals surface area contributed by atoms with Crippen molar-refractivity contribution >= 4 is 29.3 Å². The van der Waals surface area contributed by atoms with E-state index in [1.807, 2.05) is 30.3 Å². The Hall–Kier alpha value is -3.23. The van der Waals surface area contributed by atoms with Crippen molar-refractivity contribution in [3.05, 3.63) is 95.1 Å². The average Bonchev–Trinajstić information content (AvgIpc) is 2.91. The normalized spacial score (nSPS) is 15.8. The van der Waals surface area contributed by atoms with Crippen molar-refractivity contribution in [1.29, 1.82) is 0 Å². The number of anilines is 1. The van der Waals surface area contributed by atoms with E-state index in [-0.39, 0.29) is 36.1 Å². The molecule has 0 bridgehead atoms. The van der Waals surface area contributed by atoms with Crippen LogP contribution in [-0.2, 0) is 17.9 Å². The van der Waals surface area contributed by atoms with Gasteiger partial charge in [0.2, 0.25) is 5.91 Å². The summed E-state index contributed by atoms with van der Waals surface area (Å²) in [5.41, 5.74) is 7.84. The van der Waals surface area contributed by atoms with Crippen LogP contribution in [0.3, 0.4) is 0 Å². The van der Waals surface area contributed by atoms with E-state index in [4.69, 9.17) is 5.73 Å². The lowest BCUT2D eigenvalue weighted by Crippen LogP contribution is -2.44.